The largest absolute Gasteiger partial charge is 0.325 e. The maximum Gasteiger partial charge on any atom is 0.239 e. The van der Waals surface area contributed by atoms with Crippen LogP contribution >= 0.6 is 0 Å². The molecule has 0 saturated carbocycles. The molecule has 100 valence electrons. The molecule has 1 amide bonds. The highest BCUT2D eigenvalue weighted by atomic mass is 32.2. The smallest absolute Gasteiger partial charge is 0.239 e. The number of anilines is 1. The quantitative estimate of drug-likeness (QED) is 0.891. The van der Waals surface area contributed by atoms with Crippen LogP contribution in [0, 0.1) is 0 Å². The topological polar surface area (TPSA) is 63.2 Å². The Bertz CT molecular complexity index is 521. The normalized spacial score (nSPS) is 11.6. The third-order valence-corrected chi connectivity index (χ3v) is 4.23. The highest BCUT2D eigenvalue weighted by molar-refractivity contribution is 7.92. The molecule has 1 rings (SSSR count). The fraction of sp³-hybridized carbons (Fsp3) is 0.462. The Hall–Kier alpha value is -1.36. The molecule has 5 heteroatoms. The van der Waals surface area contributed by atoms with E-state index in [2.05, 4.69) is 5.32 Å². The first kappa shape index (κ1) is 14.7. The monoisotopic (exact) mass is 269 g/mol. The van der Waals surface area contributed by atoms with Crippen LogP contribution in [0.25, 0.3) is 0 Å². The predicted molar refractivity (Wildman–Crippen MR) is 73.5 cm³/mol. The average Bonchev–Trinajstić information content (AvgIpc) is 2.28. The van der Waals surface area contributed by atoms with E-state index >= 15 is 0 Å². The van der Waals surface area contributed by atoms with Crippen molar-refractivity contribution in [2.45, 2.75) is 26.7 Å². The second-order valence-corrected chi connectivity index (χ2v) is 6.82. The zero-order valence-electron chi connectivity index (χ0n) is 10.9. The lowest BCUT2D eigenvalue weighted by Gasteiger charge is -2.13. The molecule has 0 heterocycles. The van der Waals surface area contributed by atoms with Gasteiger partial charge in [-0.25, -0.2) is 8.42 Å². The van der Waals surface area contributed by atoms with Gasteiger partial charge in [0.25, 0.3) is 0 Å². The van der Waals surface area contributed by atoms with Crippen molar-refractivity contribution in [1.29, 1.82) is 0 Å². The third-order valence-electron chi connectivity index (χ3n) is 2.65. The summed E-state index contributed by atoms with van der Waals surface area (Å²) in [5.74, 6) is -0.698. The number of rotatable bonds is 5. The van der Waals surface area contributed by atoms with Gasteiger partial charge in [0, 0.05) is 11.4 Å². The van der Waals surface area contributed by atoms with Crippen molar-refractivity contribution in [3.8, 4) is 0 Å². The molecule has 1 aromatic rings. The van der Waals surface area contributed by atoms with Crippen LogP contribution in [0.5, 0.6) is 0 Å². The first-order chi connectivity index (χ1) is 8.35. The Morgan fingerprint density at radius 2 is 1.89 bits per heavy atom. The summed E-state index contributed by atoms with van der Waals surface area (Å²) in [6.07, 6.45) is 0. The van der Waals surface area contributed by atoms with E-state index in [-0.39, 0.29) is 11.7 Å². The van der Waals surface area contributed by atoms with Gasteiger partial charge in [-0.05, 0) is 17.5 Å². The van der Waals surface area contributed by atoms with Gasteiger partial charge < -0.3 is 5.32 Å². The fourth-order valence-corrected chi connectivity index (χ4v) is 2.28. The fourth-order valence-electron chi connectivity index (χ4n) is 1.60. The number of benzene rings is 1. The number of amides is 1. The summed E-state index contributed by atoms with van der Waals surface area (Å²) in [5, 5.41) is 2.66. The van der Waals surface area contributed by atoms with Crippen LogP contribution < -0.4 is 5.32 Å². The minimum Gasteiger partial charge on any atom is -0.325 e. The summed E-state index contributed by atoms with van der Waals surface area (Å²) >= 11 is 0. The molecule has 0 aromatic heterocycles. The van der Waals surface area contributed by atoms with Gasteiger partial charge in [0.15, 0.2) is 9.84 Å². The molecule has 0 aliphatic rings. The Labute approximate surface area is 108 Å². The number of carbonyl (C=O) groups is 1. The molecule has 0 aliphatic carbocycles. The van der Waals surface area contributed by atoms with E-state index in [4.69, 9.17) is 0 Å². The van der Waals surface area contributed by atoms with E-state index in [1.54, 1.807) is 6.07 Å². The van der Waals surface area contributed by atoms with Gasteiger partial charge in [0.05, 0.1) is 0 Å². The minimum atomic E-state index is -3.28. The summed E-state index contributed by atoms with van der Waals surface area (Å²) in [7, 11) is -3.28. The molecule has 1 N–H and O–H groups in total. The van der Waals surface area contributed by atoms with Gasteiger partial charge in [-0.2, -0.15) is 0 Å². The maximum absolute atomic E-state index is 11.7. The highest BCUT2D eigenvalue weighted by Crippen LogP contribution is 2.23. The summed E-state index contributed by atoms with van der Waals surface area (Å²) in [5.41, 5.74) is 1.68. The number of sulfone groups is 1. The first-order valence-corrected chi connectivity index (χ1v) is 7.77. The summed E-state index contributed by atoms with van der Waals surface area (Å²) in [4.78, 5) is 11.7. The van der Waals surface area contributed by atoms with E-state index in [1.807, 2.05) is 32.0 Å². The number of nitrogens with one attached hydrogen (secondary N) is 1. The lowest BCUT2D eigenvalue weighted by Crippen LogP contribution is -2.24. The number of hydrogen-bond donors (Lipinski definition) is 1. The molecule has 18 heavy (non-hydrogen) atoms. The Morgan fingerprint density at radius 3 is 2.44 bits per heavy atom. The molecule has 0 bridgehead atoms. The van der Waals surface area contributed by atoms with Crippen LogP contribution in [-0.4, -0.2) is 25.8 Å². The molecular weight excluding hydrogens is 250 g/mol. The maximum atomic E-state index is 11.7. The van der Waals surface area contributed by atoms with Gasteiger partial charge >= 0.3 is 0 Å². The van der Waals surface area contributed by atoms with Gasteiger partial charge in [0.1, 0.15) is 5.75 Å². The highest BCUT2D eigenvalue weighted by Gasteiger charge is 2.15. The van der Waals surface area contributed by atoms with Crippen LogP contribution in [0.2, 0.25) is 0 Å². The van der Waals surface area contributed by atoms with Crippen LogP contribution in [-0.2, 0) is 14.6 Å². The molecule has 4 nitrogen and oxygen atoms in total. The van der Waals surface area contributed by atoms with E-state index in [0.29, 0.717) is 5.69 Å². The standard InChI is InChI=1S/C13H19NO3S/c1-4-18(16,17)9-13(15)14-12-8-6-5-7-11(12)10(2)3/h5-8,10H,4,9H2,1-3H3,(H,14,15). The second-order valence-electron chi connectivity index (χ2n) is 4.47. The Morgan fingerprint density at radius 1 is 1.28 bits per heavy atom. The van der Waals surface area contributed by atoms with Crippen LogP contribution in [0.3, 0.4) is 0 Å². The van der Waals surface area contributed by atoms with Crippen LogP contribution in [0.1, 0.15) is 32.3 Å². The van der Waals surface area contributed by atoms with Crippen molar-refractivity contribution >= 4 is 21.4 Å². The Kier molecular flexibility index (Phi) is 4.90. The molecule has 0 atom stereocenters. The van der Waals surface area contributed by atoms with Gasteiger partial charge in [-0.1, -0.05) is 39.0 Å². The van der Waals surface area contributed by atoms with E-state index in [0.717, 1.165) is 5.56 Å². The lowest BCUT2D eigenvalue weighted by atomic mass is 10.0. The Balaban J connectivity index is 2.83. The van der Waals surface area contributed by atoms with E-state index in [1.165, 1.54) is 6.92 Å². The zero-order valence-corrected chi connectivity index (χ0v) is 11.8. The second kappa shape index (κ2) is 6.00. The average molecular weight is 269 g/mol. The van der Waals surface area contributed by atoms with Crippen molar-refractivity contribution in [3.05, 3.63) is 29.8 Å². The van der Waals surface area contributed by atoms with Crippen molar-refractivity contribution in [2.24, 2.45) is 0 Å². The van der Waals surface area contributed by atoms with Crippen molar-refractivity contribution < 1.29 is 13.2 Å². The molecule has 0 fully saturated rings. The van der Waals surface area contributed by atoms with Crippen molar-refractivity contribution in [1.82, 2.24) is 0 Å². The zero-order chi connectivity index (χ0) is 13.8. The predicted octanol–water partition coefficient (Wildman–Crippen LogP) is 2.18. The summed E-state index contributed by atoms with van der Waals surface area (Å²) in [6, 6.07) is 7.42. The van der Waals surface area contributed by atoms with E-state index < -0.39 is 21.5 Å². The van der Waals surface area contributed by atoms with Gasteiger partial charge in [-0.15, -0.1) is 0 Å². The molecule has 0 saturated heterocycles. The van der Waals surface area contributed by atoms with Gasteiger partial charge in [0.2, 0.25) is 5.91 Å². The molecule has 0 unspecified atom stereocenters. The first-order valence-electron chi connectivity index (χ1n) is 5.95. The molecule has 0 aliphatic heterocycles. The van der Waals surface area contributed by atoms with Crippen LogP contribution in [0.15, 0.2) is 24.3 Å². The lowest BCUT2D eigenvalue weighted by molar-refractivity contribution is -0.113. The van der Waals surface area contributed by atoms with E-state index in [9.17, 15) is 13.2 Å². The number of hydrogen-bond acceptors (Lipinski definition) is 3. The molecule has 1 aromatic carbocycles. The van der Waals surface area contributed by atoms with Gasteiger partial charge in [-0.3, -0.25) is 4.79 Å². The number of para-hydroxylation sites is 1. The van der Waals surface area contributed by atoms with Crippen molar-refractivity contribution in [3.63, 3.8) is 0 Å². The minimum absolute atomic E-state index is 0.0216. The van der Waals surface area contributed by atoms with Crippen LogP contribution in [0.4, 0.5) is 5.69 Å². The number of carbonyl (C=O) groups excluding carboxylic acids is 1. The molecule has 0 radical (unpaired) electrons. The SMILES string of the molecule is CCS(=O)(=O)CC(=O)Nc1ccccc1C(C)C. The summed E-state index contributed by atoms with van der Waals surface area (Å²) in [6.45, 7) is 5.58. The third kappa shape index (κ3) is 4.14. The summed E-state index contributed by atoms with van der Waals surface area (Å²) < 4.78 is 22.7. The molecule has 0 spiro atoms. The van der Waals surface area contributed by atoms with Crippen molar-refractivity contribution in [2.75, 3.05) is 16.8 Å². The molecular formula is C13H19NO3S.